The summed E-state index contributed by atoms with van der Waals surface area (Å²) in [6.07, 6.45) is 0.842. The van der Waals surface area contributed by atoms with Crippen LogP contribution in [0.3, 0.4) is 0 Å². The Balaban J connectivity index is 2.00. The van der Waals surface area contributed by atoms with Crippen LogP contribution in [0.25, 0.3) is 0 Å². The summed E-state index contributed by atoms with van der Waals surface area (Å²) in [5, 5.41) is 3.02. The van der Waals surface area contributed by atoms with Crippen LogP contribution in [0.1, 0.15) is 36.6 Å². The maximum absolute atomic E-state index is 13.7. The number of carbonyl (C=O) groups is 1. The Morgan fingerprint density at radius 2 is 1.96 bits per heavy atom. The molecule has 150 valence electrons. The quantitative estimate of drug-likeness (QED) is 0.826. The number of hydrogen-bond acceptors (Lipinski definition) is 4. The number of halogens is 1. The van der Waals surface area contributed by atoms with E-state index in [1.54, 1.807) is 26.4 Å². The molecule has 0 unspecified atom stereocenters. The number of methoxy groups -OCH3 is 2. The Morgan fingerprint density at radius 1 is 1.25 bits per heavy atom. The molecular formula is C22H27FN2O3. The summed E-state index contributed by atoms with van der Waals surface area (Å²) in [5.41, 5.74) is 3.18. The number of rotatable bonds is 6. The number of ether oxygens (including phenoxy) is 2. The standard InChI is InChI=1S/C22H27FN2O3/c1-14(24-15(2)26)22-19-12-21(28-4)20(27-3)11-17(19)8-9-25(22)13-16-6-5-7-18(23)10-16/h5-7,10-12,14,22H,8-9,13H2,1-4H3,(H,24,26)/t14-,22-/m1/s1. The molecule has 2 aromatic rings. The van der Waals surface area contributed by atoms with Gasteiger partial charge in [0.05, 0.1) is 20.3 Å². The van der Waals surface area contributed by atoms with Gasteiger partial charge in [-0.3, -0.25) is 9.69 Å². The lowest BCUT2D eigenvalue weighted by Gasteiger charge is -2.41. The molecule has 0 fully saturated rings. The fraction of sp³-hybridized carbons (Fsp3) is 0.409. The molecule has 1 aliphatic rings. The molecule has 0 radical (unpaired) electrons. The van der Waals surface area contributed by atoms with Gasteiger partial charge in [-0.05, 0) is 54.3 Å². The molecule has 6 heteroatoms. The van der Waals surface area contributed by atoms with Crippen LogP contribution in [0, 0.1) is 5.82 Å². The smallest absolute Gasteiger partial charge is 0.217 e. The molecule has 1 heterocycles. The van der Waals surface area contributed by atoms with Crippen molar-refractivity contribution in [2.75, 3.05) is 20.8 Å². The summed E-state index contributed by atoms with van der Waals surface area (Å²) in [6.45, 7) is 4.91. The third-order valence-corrected chi connectivity index (χ3v) is 5.21. The van der Waals surface area contributed by atoms with Crippen LogP contribution in [0.5, 0.6) is 11.5 Å². The van der Waals surface area contributed by atoms with E-state index in [0.717, 1.165) is 24.1 Å². The lowest BCUT2D eigenvalue weighted by Crippen LogP contribution is -2.46. The van der Waals surface area contributed by atoms with Crippen molar-refractivity contribution in [3.05, 3.63) is 58.9 Å². The molecule has 1 amide bonds. The minimum Gasteiger partial charge on any atom is -0.493 e. The summed E-state index contributed by atoms with van der Waals surface area (Å²) >= 11 is 0. The number of nitrogens with one attached hydrogen (secondary N) is 1. The van der Waals surface area contributed by atoms with Crippen molar-refractivity contribution >= 4 is 5.91 Å². The van der Waals surface area contributed by atoms with Crippen LogP contribution in [0.15, 0.2) is 36.4 Å². The zero-order chi connectivity index (χ0) is 20.3. The van der Waals surface area contributed by atoms with Gasteiger partial charge in [0.2, 0.25) is 5.91 Å². The van der Waals surface area contributed by atoms with E-state index in [1.165, 1.54) is 18.6 Å². The van der Waals surface area contributed by atoms with Crippen LogP contribution in [-0.4, -0.2) is 37.6 Å². The van der Waals surface area contributed by atoms with Gasteiger partial charge in [-0.15, -0.1) is 0 Å². The van der Waals surface area contributed by atoms with Gasteiger partial charge in [-0.1, -0.05) is 12.1 Å². The summed E-state index contributed by atoms with van der Waals surface area (Å²) in [4.78, 5) is 14.0. The topological polar surface area (TPSA) is 50.8 Å². The second-order valence-electron chi connectivity index (χ2n) is 7.19. The molecular weight excluding hydrogens is 359 g/mol. The maximum Gasteiger partial charge on any atom is 0.217 e. The molecule has 0 spiro atoms. The average Bonchev–Trinajstić information content (AvgIpc) is 2.66. The van der Waals surface area contributed by atoms with Gasteiger partial charge in [0, 0.05) is 26.1 Å². The summed E-state index contributed by atoms with van der Waals surface area (Å²) in [6, 6.07) is 10.5. The van der Waals surface area contributed by atoms with Gasteiger partial charge >= 0.3 is 0 Å². The highest BCUT2D eigenvalue weighted by atomic mass is 19.1. The molecule has 0 bridgehead atoms. The average molecular weight is 386 g/mol. The molecule has 0 saturated heterocycles. The molecule has 0 aromatic heterocycles. The normalized spacial score (nSPS) is 17.5. The van der Waals surface area contributed by atoms with Crippen molar-refractivity contribution in [3.63, 3.8) is 0 Å². The first-order valence-electron chi connectivity index (χ1n) is 9.43. The monoisotopic (exact) mass is 386 g/mol. The van der Waals surface area contributed by atoms with Gasteiger partial charge < -0.3 is 14.8 Å². The van der Waals surface area contributed by atoms with Crippen molar-refractivity contribution in [3.8, 4) is 11.5 Å². The molecule has 5 nitrogen and oxygen atoms in total. The van der Waals surface area contributed by atoms with E-state index in [-0.39, 0.29) is 23.8 Å². The lowest BCUT2D eigenvalue weighted by atomic mass is 9.87. The number of benzene rings is 2. The zero-order valence-corrected chi connectivity index (χ0v) is 16.8. The number of fused-ring (bicyclic) bond motifs is 1. The first kappa shape index (κ1) is 20.1. The van der Waals surface area contributed by atoms with E-state index >= 15 is 0 Å². The molecule has 1 aliphatic heterocycles. The summed E-state index contributed by atoms with van der Waals surface area (Å²) < 4.78 is 24.6. The summed E-state index contributed by atoms with van der Waals surface area (Å²) in [5.74, 6) is 1.04. The predicted octanol–water partition coefficient (Wildman–Crippen LogP) is 3.47. The van der Waals surface area contributed by atoms with Gasteiger partial charge in [-0.25, -0.2) is 4.39 Å². The van der Waals surface area contributed by atoms with Crippen molar-refractivity contribution in [1.29, 1.82) is 0 Å². The molecule has 28 heavy (non-hydrogen) atoms. The third-order valence-electron chi connectivity index (χ3n) is 5.21. The highest BCUT2D eigenvalue weighted by Crippen LogP contribution is 2.40. The highest BCUT2D eigenvalue weighted by molar-refractivity contribution is 5.73. The van der Waals surface area contributed by atoms with E-state index in [2.05, 4.69) is 10.2 Å². The number of amides is 1. The molecule has 0 aliphatic carbocycles. The van der Waals surface area contributed by atoms with Gasteiger partial charge in [0.1, 0.15) is 5.82 Å². The van der Waals surface area contributed by atoms with E-state index in [0.29, 0.717) is 18.0 Å². The minimum absolute atomic E-state index is 0.0595. The van der Waals surface area contributed by atoms with Crippen LogP contribution >= 0.6 is 0 Å². The number of hydrogen-bond donors (Lipinski definition) is 1. The fourth-order valence-electron chi connectivity index (χ4n) is 4.06. The molecule has 2 aromatic carbocycles. The largest absolute Gasteiger partial charge is 0.493 e. The van der Waals surface area contributed by atoms with E-state index in [4.69, 9.17) is 9.47 Å². The van der Waals surface area contributed by atoms with Crippen molar-refractivity contribution in [2.24, 2.45) is 0 Å². The molecule has 2 atom stereocenters. The van der Waals surface area contributed by atoms with Crippen LogP contribution in [0.2, 0.25) is 0 Å². The Hall–Kier alpha value is -2.60. The first-order chi connectivity index (χ1) is 13.4. The lowest BCUT2D eigenvalue weighted by molar-refractivity contribution is -0.120. The number of carbonyl (C=O) groups excluding carboxylic acids is 1. The van der Waals surface area contributed by atoms with Crippen molar-refractivity contribution < 1.29 is 18.7 Å². The third kappa shape index (κ3) is 4.28. The van der Waals surface area contributed by atoms with Gasteiger partial charge in [0.25, 0.3) is 0 Å². The molecule has 1 N–H and O–H groups in total. The molecule has 3 rings (SSSR count). The van der Waals surface area contributed by atoms with Crippen LogP contribution < -0.4 is 14.8 Å². The summed E-state index contributed by atoms with van der Waals surface area (Å²) in [7, 11) is 3.24. The Morgan fingerprint density at radius 3 is 2.61 bits per heavy atom. The van der Waals surface area contributed by atoms with E-state index in [9.17, 15) is 9.18 Å². The SMILES string of the molecule is COc1cc2c(cc1OC)[C@@H]([C@@H](C)NC(C)=O)N(Cc1cccc(F)c1)CC2. The molecule has 0 saturated carbocycles. The second-order valence-corrected chi connectivity index (χ2v) is 7.19. The van der Waals surface area contributed by atoms with Gasteiger partial charge in [-0.2, -0.15) is 0 Å². The Labute approximate surface area is 165 Å². The first-order valence-corrected chi connectivity index (χ1v) is 9.43. The second kappa shape index (κ2) is 8.61. The van der Waals surface area contributed by atoms with E-state index in [1.807, 2.05) is 25.1 Å². The predicted molar refractivity (Wildman–Crippen MR) is 106 cm³/mol. The number of nitrogens with zero attached hydrogens (tertiary/aromatic N) is 1. The van der Waals surface area contributed by atoms with Crippen molar-refractivity contribution in [2.45, 2.75) is 38.9 Å². The maximum atomic E-state index is 13.7. The van der Waals surface area contributed by atoms with Crippen LogP contribution in [0.4, 0.5) is 4.39 Å². The van der Waals surface area contributed by atoms with Crippen LogP contribution in [-0.2, 0) is 17.8 Å². The Bertz CT molecular complexity index is 856. The van der Waals surface area contributed by atoms with Crippen molar-refractivity contribution in [1.82, 2.24) is 10.2 Å². The minimum atomic E-state index is -0.243. The fourth-order valence-corrected chi connectivity index (χ4v) is 4.06. The zero-order valence-electron chi connectivity index (χ0n) is 16.8. The van der Waals surface area contributed by atoms with E-state index < -0.39 is 0 Å². The highest BCUT2D eigenvalue weighted by Gasteiger charge is 2.33. The van der Waals surface area contributed by atoms with Gasteiger partial charge in [0.15, 0.2) is 11.5 Å². The Kier molecular flexibility index (Phi) is 6.19.